The predicted molar refractivity (Wildman–Crippen MR) is 104 cm³/mol. The molecule has 1 saturated heterocycles. The zero-order chi connectivity index (χ0) is 20.9. The van der Waals surface area contributed by atoms with Gasteiger partial charge >= 0.3 is 0 Å². The Morgan fingerprint density at radius 1 is 1.33 bits per heavy atom. The molecule has 1 atom stereocenters. The van der Waals surface area contributed by atoms with Crippen LogP contribution < -0.4 is 4.90 Å². The van der Waals surface area contributed by atoms with Gasteiger partial charge in [0, 0.05) is 19.2 Å². The van der Waals surface area contributed by atoms with Gasteiger partial charge in [-0.1, -0.05) is 0 Å². The second-order valence-corrected chi connectivity index (χ2v) is 6.59. The largest absolute Gasteiger partial charge is 0.373 e. The van der Waals surface area contributed by atoms with Crippen molar-refractivity contribution in [3.05, 3.63) is 43.1 Å². The first-order valence-corrected chi connectivity index (χ1v) is 9.19. The fraction of sp³-hybridized carbons (Fsp3) is 0.333. The number of hydrogen-bond acceptors (Lipinski definition) is 8. The van der Waals surface area contributed by atoms with Crippen LogP contribution in [-0.4, -0.2) is 72.6 Å². The van der Waals surface area contributed by atoms with Crippen molar-refractivity contribution in [1.82, 2.24) is 34.7 Å². The summed E-state index contributed by atoms with van der Waals surface area (Å²) in [5.41, 5.74) is 0.467. The number of halogens is 2. The van der Waals surface area contributed by atoms with E-state index in [1.165, 1.54) is 18.7 Å². The average molecular weight is 415 g/mol. The number of anilines is 1. The van der Waals surface area contributed by atoms with Gasteiger partial charge in [0.25, 0.3) is 6.43 Å². The van der Waals surface area contributed by atoms with E-state index in [1.54, 1.807) is 17.2 Å². The molecule has 0 aromatic carbocycles. The van der Waals surface area contributed by atoms with Gasteiger partial charge < -0.3 is 14.6 Å². The summed E-state index contributed by atoms with van der Waals surface area (Å²) in [7, 11) is 0. The molecule has 3 aromatic rings. The number of rotatable bonds is 7. The number of imidazole rings is 1. The molecule has 30 heavy (non-hydrogen) atoms. The van der Waals surface area contributed by atoms with E-state index in [0.29, 0.717) is 43.5 Å². The van der Waals surface area contributed by atoms with Crippen LogP contribution in [0.15, 0.2) is 37.3 Å². The van der Waals surface area contributed by atoms with Gasteiger partial charge in [-0.05, 0) is 12.2 Å². The van der Waals surface area contributed by atoms with Crippen molar-refractivity contribution in [2.75, 3.05) is 24.6 Å². The first kappa shape index (κ1) is 19.8. The van der Waals surface area contributed by atoms with E-state index in [0.717, 1.165) is 11.9 Å². The standard InChI is InChI=1S/C18H19F2N9O/c19-18(20)13(21)1-2-16-23-6-15(27-16)14-5-17(25-10-24-14)28-3-4-30-12(7-28)8-29-11-22-9-26-29/h1-2,5-6,9-12,18,21H,3-4,7-8H2,(H,23,27)/b2-1-,21-13?. The Bertz CT molecular complexity index is 1020. The molecule has 1 aliphatic rings. The summed E-state index contributed by atoms with van der Waals surface area (Å²) < 4.78 is 32.4. The third kappa shape index (κ3) is 4.71. The van der Waals surface area contributed by atoms with E-state index < -0.39 is 12.1 Å². The van der Waals surface area contributed by atoms with E-state index in [2.05, 4.69) is 34.9 Å². The summed E-state index contributed by atoms with van der Waals surface area (Å²) >= 11 is 0. The fourth-order valence-electron chi connectivity index (χ4n) is 3.03. The van der Waals surface area contributed by atoms with E-state index in [9.17, 15) is 8.78 Å². The zero-order valence-electron chi connectivity index (χ0n) is 15.8. The number of hydrogen-bond donors (Lipinski definition) is 2. The van der Waals surface area contributed by atoms with Crippen LogP contribution in [-0.2, 0) is 11.3 Å². The normalized spacial score (nSPS) is 17.2. The summed E-state index contributed by atoms with van der Waals surface area (Å²) in [4.78, 5) is 21.8. The Labute approximate surface area is 170 Å². The second kappa shape index (κ2) is 8.86. The SMILES string of the molecule is N=C(/C=C\c1ncc(-c2cc(N3CCOC(Cn4cncn4)C3)ncn2)[nH]1)C(F)F. The maximum Gasteiger partial charge on any atom is 0.279 e. The molecular formula is C18H19F2N9O. The Hall–Kier alpha value is -3.54. The van der Waals surface area contributed by atoms with Crippen molar-refractivity contribution in [2.45, 2.75) is 19.1 Å². The van der Waals surface area contributed by atoms with Gasteiger partial charge in [-0.15, -0.1) is 0 Å². The average Bonchev–Trinajstić information content (AvgIpc) is 3.44. The Morgan fingerprint density at radius 3 is 3.03 bits per heavy atom. The third-order valence-electron chi connectivity index (χ3n) is 4.50. The summed E-state index contributed by atoms with van der Waals surface area (Å²) in [6.45, 7) is 2.49. The number of morpholine rings is 1. The van der Waals surface area contributed by atoms with Gasteiger partial charge in [0.15, 0.2) is 0 Å². The van der Waals surface area contributed by atoms with Crippen LogP contribution in [0.3, 0.4) is 0 Å². The van der Waals surface area contributed by atoms with Crippen LogP contribution in [0.4, 0.5) is 14.6 Å². The minimum absolute atomic E-state index is 0.0482. The summed E-state index contributed by atoms with van der Waals surface area (Å²) in [6, 6.07) is 1.83. The lowest BCUT2D eigenvalue weighted by atomic mass is 10.2. The molecule has 10 nitrogen and oxygen atoms in total. The molecule has 0 spiro atoms. The van der Waals surface area contributed by atoms with Gasteiger partial charge in [-0.3, -0.25) is 10.1 Å². The Morgan fingerprint density at radius 2 is 2.23 bits per heavy atom. The molecule has 4 rings (SSSR count). The van der Waals surface area contributed by atoms with Crippen LogP contribution >= 0.6 is 0 Å². The van der Waals surface area contributed by atoms with Gasteiger partial charge in [0.05, 0.1) is 42.6 Å². The molecule has 1 unspecified atom stereocenters. The number of ether oxygens (including phenoxy) is 1. The zero-order valence-corrected chi connectivity index (χ0v) is 15.8. The quantitative estimate of drug-likeness (QED) is 0.563. The molecule has 1 fully saturated rings. The molecule has 0 bridgehead atoms. The maximum atomic E-state index is 12.4. The molecule has 2 N–H and O–H groups in total. The van der Waals surface area contributed by atoms with Gasteiger partial charge in [-0.2, -0.15) is 5.10 Å². The maximum absolute atomic E-state index is 12.4. The fourth-order valence-corrected chi connectivity index (χ4v) is 3.03. The highest BCUT2D eigenvalue weighted by Gasteiger charge is 2.22. The minimum atomic E-state index is -2.82. The molecule has 1 aliphatic heterocycles. The van der Waals surface area contributed by atoms with Crippen molar-refractivity contribution in [1.29, 1.82) is 5.41 Å². The lowest BCUT2D eigenvalue weighted by Crippen LogP contribution is -2.44. The first-order chi connectivity index (χ1) is 14.6. The third-order valence-corrected chi connectivity index (χ3v) is 4.50. The number of nitrogens with zero attached hydrogens (tertiary/aromatic N) is 7. The molecule has 0 saturated carbocycles. The highest BCUT2D eigenvalue weighted by Crippen LogP contribution is 2.21. The van der Waals surface area contributed by atoms with Gasteiger partial charge in [0.1, 0.15) is 30.6 Å². The molecular weight excluding hydrogens is 396 g/mol. The van der Waals surface area contributed by atoms with E-state index in [4.69, 9.17) is 10.1 Å². The Kier molecular flexibility index (Phi) is 5.84. The molecule has 4 heterocycles. The number of aromatic nitrogens is 7. The van der Waals surface area contributed by atoms with Crippen molar-refractivity contribution in [2.24, 2.45) is 0 Å². The second-order valence-electron chi connectivity index (χ2n) is 6.59. The highest BCUT2D eigenvalue weighted by atomic mass is 19.3. The summed E-state index contributed by atoms with van der Waals surface area (Å²) in [6.07, 6.45) is 5.65. The van der Waals surface area contributed by atoms with Crippen molar-refractivity contribution in [3.8, 4) is 11.4 Å². The van der Waals surface area contributed by atoms with Crippen LogP contribution in [0.5, 0.6) is 0 Å². The van der Waals surface area contributed by atoms with Crippen LogP contribution in [0.1, 0.15) is 5.82 Å². The van der Waals surface area contributed by atoms with Crippen molar-refractivity contribution >= 4 is 17.6 Å². The van der Waals surface area contributed by atoms with Crippen LogP contribution in [0.25, 0.3) is 17.5 Å². The smallest absolute Gasteiger partial charge is 0.279 e. The topological polar surface area (TPSA) is 121 Å². The predicted octanol–water partition coefficient (Wildman–Crippen LogP) is 1.66. The monoisotopic (exact) mass is 415 g/mol. The molecule has 156 valence electrons. The molecule has 3 aromatic heterocycles. The lowest BCUT2D eigenvalue weighted by molar-refractivity contribution is 0.0271. The Balaban J connectivity index is 1.45. The van der Waals surface area contributed by atoms with E-state index in [1.807, 2.05) is 6.07 Å². The van der Waals surface area contributed by atoms with Crippen molar-refractivity contribution in [3.63, 3.8) is 0 Å². The number of alkyl halides is 2. The number of aromatic amines is 1. The number of H-pyrrole nitrogens is 1. The van der Waals surface area contributed by atoms with Gasteiger partial charge in [-0.25, -0.2) is 28.7 Å². The number of allylic oxidation sites excluding steroid dienone is 1. The molecule has 0 amide bonds. The summed E-state index contributed by atoms with van der Waals surface area (Å²) in [5.74, 6) is 1.10. The minimum Gasteiger partial charge on any atom is -0.373 e. The lowest BCUT2D eigenvalue weighted by Gasteiger charge is -2.33. The van der Waals surface area contributed by atoms with E-state index in [-0.39, 0.29) is 6.10 Å². The van der Waals surface area contributed by atoms with Crippen LogP contribution in [0.2, 0.25) is 0 Å². The van der Waals surface area contributed by atoms with Crippen LogP contribution in [0, 0.1) is 5.41 Å². The van der Waals surface area contributed by atoms with Gasteiger partial charge in [0.2, 0.25) is 0 Å². The molecule has 0 radical (unpaired) electrons. The molecule has 12 heteroatoms. The first-order valence-electron chi connectivity index (χ1n) is 9.19. The summed E-state index contributed by atoms with van der Waals surface area (Å²) in [5, 5.41) is 11.3. The highest BCUT2D eigenvalue weighted by molar-refractivity contribution is 5.97. The number of nitrogens with one attached hydrogen (secondary N) is 2. The molecule has 0 aliphatic carbocycles. The van der Waals surface area contributed by atoms with Crippen molar-refractivity contribution < 1.29 is 13.5 Å². The van der Waals surface area contributed by atoms with E-state index >= 15 is 0 Å².